The van der Waals surface area contributed by atoms with Gasteiger partial charge < -0.3 is 4.57 Å². The number of aryl methyl sites for hydroxylation is 1. The van der Waals surface area contributed by atoms with Crippen LogP contribution in [-0.4, -0.2) is 24.5 Å². The maximum atomic E-state index is 13.3. The standard InChI is InChI=1S/C13H15ClFNO2S2/c1-2-19-7-3-6-16-9-13(20(14,17)18)11-8-10(15)4-5-12(11)16/h4-5,8-9H,2-3,6-7H2,1H3. The molecule has 0 radical (unpaired) electrons. The van der Waals surface area contributed by atoms with Crippen LogP contribution >= 0.6 is 22.4 Å². The minimum absolute atomic E-state index is 0.0307. The summed E-state index contributed by atoms with van der Waals surface area (Å²) in [5, 5.41) is 0.336. The first-order valence-electron chi connectivity index (χ1n) is 6.24. The van der Waals surface area contributed by atoms with E-state index >= 15 is 0 Å². The van der Waals surface area contributed by atoms with Gasteiger partial charge in [-0.15, -0.1) is 0 Å². The fourth-order valence-corrected chi connectivity index (χ4v) is 3.77. The maximum absolute atomic E-state index is 13.3. The van der Waals surface area contributed by atoms with E-state index in [0.717, 1.165) is 17.9 Å². The van der Waals surface area contributed by atoms with Gasteiger partial charge in [-0.3, -0.25) is 0 Å². The molecule has 0 aliphatic heterocycles. The van der Waals surface area contributed by atoms with Crippen LogP contribution in [0.25, 0.3) is 10.9 Å². The van der Waals surface area contributed by atoms with Crippen LogP contribution in [0.5, 0.6) is 0 Å². The zero-order chi connectivity index (χ0) is 14.8. The van der Waals surface area contributed by atoms with Gasteiger partial charge >= 0.3 is 0 Å². The van der Waals surface area contributed by atoms with Crippen molar-refractivity contribution in [2.45, 2.75) is 24.8 Å². The first kappa shape index (κ1) is 15.7. The lowest BCUT2D eigenvalue weighted by Gasteiger charge is -2.04. The molecule has 0 aliphatic rings. The lowest BCUT2D eigenvalue weighted by Crippen LogP contribution is -1.97. The second kappa shape index (κ2) is 6.37. The molecule has 0 spiro atoms. The maximum Gasteiger partial charge on any atom is 0.263 e. The number of hydrogen-bond donors (Lipinski definition) is 0. The van der Waals surface area contributed by atoms with E-state index in [1.165, 1.54) is 18.3 Å². The number of rotatable bonds is 6. The molecule has 0 unspecified atom stereocenters. The Morgan fingerprint density at radius 2 is 2.15 bits per heavy atom. The lowest BCUT2D eigenvalue weighted by atomic mass is 10.2. The second-order valence-electron chi connectivity index (χ2n) is 4.34. The largest absolute Gasteiger partial charge is 0.346 e. The molecule has 1 aromatic heterocycles. The quantitative estimate of drug-likeness (QED) is 0.594. The van der Waals surface area contributed by atoms with Crippen LogP contribution in [0.1, 0.15) is 13.3 Å². The molecule has 20 heavy (non-hydrogen) atoms. The van der Waals surface area contributed by atoms with Gasteiger partial charge in [0.1, 0.15) is 10.7 Å². The number of benzene rings is 1. The van der Waals surface area contributed by atoms with Crippen molar-refractivity contribution < 1.29 is 12.8 Å². The molecular weight excluding hydrogens is 321 g/mol. The normalized spacial score (nSPS) is 12.2. The number of fused-ring (bicyclic) bond motifs is 1. The third-order valence-corrected chi connectivity index (χ3v) is 5.30. The van der Waals surface area contributed by atoms with Crippen LogP contribution < -0.4 is 0 Å². The molecule has 0 aliphatic carbocycles. The molecule has 3 nitrogen and oxygen atoms in total. The minimum atomic E-state index is -3.88. The molecule has 0 fully saturated rings. The van der Waals surface area contributed by atoms with Crippen molar-refractivity contribution in [3.63, 3.8) is 0 Å². The molecule has 1 heterocycles. The number of hydrogen-bond acceptors (Lipinski definition) is 3. The Bertz CT molecular complexity index is 712. The van der Waals surface area contributed by atoms with Crippen LogP contribution in [0.4, 0.5) is 4.39 Å². The zero-order valence-corrected chi connectivity index (χ0v) is 13.4. The van der Waals surface area contributed by atoms with Crippen LogP contribution in [-0.2, 0) is 15.6 Å². The predicted octanol–water partition coefficient (Wildman–Crippen LogP) is 3.85. The summed E-state index contributed by atoms with van der Waals surface area (Å²) in [6.45, 7) is 2.78. The van der Waals surface area contributed by atoms with Gasteiger partial charge in [0.05, 0.1) is 0 Å². The van der Waals surface area contributed by atoms with Gasteiger partial charge in [-0.05, 0) is 36.1 Å². The van der Waals surface area contributed by atoms with Gasteiger partial charge in [-0.2, -0.15) is 11.8 Å². The van der Waals surface area contributed by atoms with Crippen molar-refractivity contribution in [3.05, 3.63) is 30.2 Å². The molecular formula is C13H15ClFNO2S2. The van der Waals surface area contributed by atoms with Gasteiger partial charge in [0.15, 0.2) is 0 Å². The molecule has 0 atom stereocenters. The lowest BCUT2D eigenvalue weighted by molar-refractivity contribution is 0.609. The van der Waals surface area contributed by atoms with Crippen LogP contribution in [0.15, 0.2) is 29.3 Å². The molecule has 1 aromatic carbocycles. The van der Waals surface area contributed by atoms with Gasteiger partial charge in [0, 0.05) is 34.3 Å². The van der Waals surface area contributed by atoms with E-state index in [4.69, 9.17) is 10.7 Å². The van der Waals surface area contributed by atoms with E-state index in [2.05, 4.69) is 6.92 Å². The van der Waals surface area contributed by atoms with Crippen molar-refractivity contribution in [2.75, 3.05) is 11.5 Å². The van der Waals surface area contributed by atoms with Crippen molar-refractivity contribution >= 4 is 42.4 Å². The SMILES string of the molecule is CCSCCCn1cc(S(=O)(=O)Cl)c2cc(F)ccc21. The van der Waals surface area contributed by atoms with E-state index in [-0.39, 0.29) is 4.90 Å². The van der Waals surface area contributed by atoms with E-state index in [9.17, 15) is 12.8 Å². The highest BCUT2D eigenvalue weighted by Crippen LogP contribution is 2.29. The van der Waals surface area contributed by atoms with Gasteiger partial charge in [0.25, 0.3) is 9.05 Å². The average Bonchev–Trinajstić information content (AvgIpc) is 2.72. The Morgan fingerprint density at radius 1 is 1.40 bits per heavy atom. The molecule has 0 saturated carbocycles. The molecule has 0 bridgehead atoms. The highest BCUT2D eigenvalue weighted by atomic mass is 35.7. The molecule has 2 rings (SSSR count). The summed E-state index contributed by atoms with van der Waals surface area (Å²) in [6, 6.07) is 4.12. The average molecular weight is 336 g/mol. The summed E-state index contributed by atoms with van der Waals surface area (Å²) in [7, 11) is 1.54. The zero-order valence-electron chi connectivity index (χ0n) is 11.0. The topological polar surface area (TPSA) is 39.1 Å². The fourth-order valence-electron chi connectivity index (χ4n) is 2.10. The van der Waals surface area contributed by atoms with E-state index in [0.29, 0.717) is 17.4 Å². The molecule has 0 amide bonds. The molecule has 7 heteroatoms. The second-order valence-corrected chi connectivity index (χ2v) is 8.26. The van der Waals surface area contributed by atoms with Crippen molar-refractivity contribution in [1.82, 2.24) is 4.57 Å². The first-order valence-corrected chi connectivity index (χ1v) is 9.70. The molecule has 0 saturated heterocycles. The third kappa shape index (κ3) is 3.48. The summed E-state index contributed by atoms with van der Waals surface area (Å²) in [5.74, 6) is 1.58. The summed E-state index contributed by atoms with van der Waals surface area (Å²) in [4.78, 5) is -0.0307. The van der Waals surface area contributed by atoms with E-state index < -0.39 is 14.9 Å². The molecule has 110 valence electrons. The summed E-state index contributed by atoms with van der Waals surface area (Å²) in [5.41, 5.74) is 0.687. The summed E-state index contributed by atoms with van der Waals surface area (Å²) >= 11 is 1.83. The van der Waals surface area contributed by atoms with Gasteiger partial charge in [-0.1, -0.05) is 6.92 Å². The van der Waals surface area contributed by atoms with Gasteiger partial charge in [-0.25, -0.2) is 12.8 Å². The van der Waals surface area contributed by atoms with Crippen molar-refractivity contribution in [3.8, 4) is 0 Å². The third-order valence-electron chi connectivity index (χ3n) is 2.96. The Hall–Kier alpha value is -0.720. The number of aromatic nitrogens is 1. The highest BCUT2D eigenvalue weighted by molar-refractivity contribution is 8.14. The Morgan fingerprint density at radius 3 is 2.80 bits per heavy atom. The number of halogens is 2. The fraction of sp³-hybridized carbons (Fsp3) is 0.385. The Kier molecular flexibility index (Phi) is 4.99. The predicted molar refractivity (Wildman–Crippen MR) is 82.6 cm³/mol. The monoisotopic (exact) mass is 335 g/mol. The molecule has 2 aromatic rings. The summed E-state index contributed by atoms with van der Waals surface area (Å²) < 4.78 is 38.3. The Balaban J connectivity index is 2.40. The highest BCUT2D eigenvalue weighted by Gasteiger charge is 2.19. The number of nitrogens with zero attached hydrogens (tertiary/aromatic N) is 1. The van der Waals surface area contributed by atoms with Gasteiger partial charge in [0.2, 0.25) is 0 Å². The minimum Gasteiger partial charge on any atom is -0.346 e. The van der Waals surface area contributed by atoms with Crippen LogP contribution in [0, 0.1) is 5.82 Å². The first-order chi connectivity index (χ1) is 9.43. The van der Waals surface area contributed by atoms with Crippen LogP contribution in [0.2, 0.25) is 0 Å². The van der Waals surface area contributed by atoms with Crippen molar-refractivity contribution in [1.29, 1.82) is 0 Å². The smallest absolute Gasteiger partial charge is 0.263 e. The van der Waals surface area contributed by atoms with E-state index in [1.807, 2.05) is 16.3 Å². The van der Waals surface area contributed by atoms with E-state index in [1.54, 1.807) is 6.07 Å². The van der Waals surface area contributed by atoms with Crippen LogP contribution in [0.3, 0.4) is 0 Å². The van der Waals surface area contributed by atoms with Crippen molar-refractivity contribution in [2.24, 2.45) is 0 Å². The molecule has 0 N–H and O–H groups in total. The number of thioether (sulfide) groups is 1. The summed E-state index contributed by atoms with van der Waals surface area (Å²) in [6.07, 6.45) is 2.41. The Labute approximate surface area is 126 Å².